The number of benzene rings is 1. The standard InChI is InChI=1S/C10H8O6/c1-15-10-6(12)4-2-3-5(11)16-9(4)7(13)8(10)14/h2-3,12-14H,1H3/i1D3. The number of ether oxygens (including phenoxy) is 1. The van der Waals surface area contributed by atoms with Gasteiger partial charge < -0.3 is 24.5 Å². The average Bonchev–Trinajstić information content (AvgIpc) is 2.30. The molecule has 1 aromatic heterocycles. The Morgan fingerprint density at radius 3 is 2.69 bits per heavy atom. The molecule has 0 saturated heterocycles. The number of aromatic hydroxyl groups is 3. The van der Waals surface area contributed by atoms with Gasteiger partial charge in [0, 0.05) is 6.07 Å². The van der Waals surface area contributed by atoms with Crippen LogP contribution in [0, 0.1) is 0 Å². The molecule has 0 atom stereocenters. The molecule has 0 aliphatic rings. The van der Waals surface area contributed by atoms with Crippen LogP contribution in [0.4, 0.5) is 0 Å². The van der Waals surface area contributed by atoms with Crippen LogP contribution in [0.15, 0.2) is 21.3 Å². The molecule has 0 amide bonds. The lowest BCUT2D eigenvalue weighted by molar-refractivity contribution is 0.330. The SMILES string of the molecule is [2H]C([2H])([2H])Oc1c(O)c(O)c2oc(=O)ccc2c1O. The molecule has 2 aromatic rings. The summed E-state index contributed by atoms with van der Waals surface area (Å²) < 4.78 is 29.7. The predicted octanol–water partition coefficient (Wildman–Crippen LogP) is 0.918. The second-order valence-electron chi connectivity index (χ2n) is 2.97. The van der Waals surface area contributed by atoms with E-state index in [2.05, 4.69) is 9.15 Å². The van der Waals surface area contributed by atoms with Crippen molar-refractivity contribution in [2.45, 2.75) is 0 Å². The van der Waals surface area contributed by atoms with Gasteiger partial charge in [0.05, 0.1) is 16.5 Å². The van der Waals surface area contributed by atoms with E-state index in [1.165, 1.54) is 0 Å². The molecular formula is C10H8O6. The summed E-state index contributed by atoms with van der Waals surface area (Å²) in [5.41, 5.74) is -1.29. The van der Waals surface area contributed by atoms with Crippen LogP contribution in [-0.4, -0.2) is 22.4 Å². The van der Waals surface area contributed by atoms with Crippen LogP contribution >= 0.6 is 0 Å². The van der Waals surface area contributed by atoms with E-state index in [4.69, 9.17) is 4.11 Å². The molecule has 16 heavy (non-hydrogen) atoms. The molecule has 0 aliphatic carbocycles. The van der Waals surface area contributed by atoms with Gasteiger partial charge in [-0.15, -0.1) is 0 Å². The van der Waals surface area contributed by atoms with Crippen molar-refractivity contribution >= 4 is 11.0 Å². The molecule has 1 aromatic carbocycles. The van der Waals surface area contributed by atoms with E-state index < -0.39 is 41.2 Å². The number of hydrogen-bond acceptors (Lipinski definition) is 6. The second-order valence-corrected chi connectivity index (χ2v) is 2.97. The van der Waals surface area contributed by atoms with Crippen LogP contribution in [0.3, 0.4) is 0 Å². The lowest BCUT2D eigenvalue weighted by atomic mass is 10.1. The first kappa shape index (κ1) is 7.00. The van der Waals surface area contributed by atoms with Crippen molar-refractivity contribution in [3.8, 4) is 23.0 Å². The zero-order valence-corrected chi connectivity index (χ0v) is 7.72. The molecule has 0 bridgehead atoms. The highest BCUT2D eigenvalue weighted by atomic mass is 16.5. The molecule has 0 radical (unpaired) electrons. The summed E-state index contributed by atoms with van der Waals surface area (Å²) >= 11 is 0. The fourth-order valence-electron chi connectivity index (χ4n) is 1.33. The van der Waals surface area contributed by atoms with Gasteiger partial charge in [-0.25, -0.2) is 4.79 Å². The molecule has 2 rings (SSSR count). The van der Waals surface area contributed by atoms with E-state index in [1.54, 1.807) is 0 Å². The van der Waals surface area contributed by atoms with E-state index in [0.29, 0.717) is 0 Å². The van der Waals surface area contributed by atoms with Crippen LogP contribution < -0.4 is 10.4 Å². The Balaban J connectivity index is 2.81. The van der Waals surface area contributed by atoms with Gasteiger partial charge in [-0.2, -0.15) is 0 Å². The van der Waals surface area contributed by atoms with Gasteiger partial charge >= 0.3 is 5.63 Å². The summed E-state index contributed by atoms with van der Waals surface area (Å²) in [4.78, 5) is 11.0. The fraction of sp³-hybridized carbons (Fsp3) is 0.100. The summed E-state index contributed by atoms with van der Waals surface area (Å²) in [5.74, 6) is -3.51. The molecule has 6 nitrogen and oxygen atoms in total. The molecular weight excluding hydrogens is 216 g/mol. The van der Waals surface area contributed by atoms with E-state index in [-0.39, 0.29) is 5.39 Å². The van der Waals surface area contributed by atoms with Gasteiger partial charge in [0.1, 0.15) is 0 Å². The van der Waals surface area contributed by atoms with E-state index >= 15 is 0 Å². The molecule has 0 spiro atoms. The number of phenolic OH excluding ortho intramolecular Hbond substituents is 3. The smallest absolute Gasteiger partial charge is 0.336 e. The zero-order chi connectivity index (χ0) is 14.4. The van der Waals surface area contributed by atoms with Crippen molar-refractivity contribution in [1.82, 2.24) is 0 Å². The summed E-state index contributed by atoms with van der Waals surface area (Å²) in [6.45, 7) is 0. The first-order valence-electron chi connectivity index (χ1n) is 5.60. The topological polar surface area (TPSA) is 100 Å². The lowest BCUT2D eigenvalue weighted by Gasteiger charge is -2.09. The molecule has 84 valence electrons. The first-order chi connectivity index (χ1) is 8.70. The average molecular weight is 227 g/mol. The normalized spacial score (nSPS) is 14.1. The van der Waals surface area contributed by atoms with E-state index in [9.17, 15) is 20.1 Å². The highest BCUT2D eigenvalue weighted by molar-refractivity contribution is 5.93. The quantitative estimate of drug-likeness (QED) is 0.380. The van der Waals surface area contributed by atoms with Crippen molar-refractivity contribution in [2.75, 3.05) is 7.04 Å². The van der Waals surface area contributed by atoms with Gasteiger partial charge in [0.15, 0.2) is 11.3 Å². The largest absolute Gasteiger partial charge is 0.504 e. The third-order valence-corrected chi connectivity index (χ3v) is 2.06. The van der Waals surface area contributed by atoms with Crippen LogP contribution in [0.25, 0.3) is 11.0 Å². The maximum atomic E-state index is 11.0. The minimum absolute atomic E-state index is 0.172. The van der Waals surface area contributed by atoms with Gasteiger partial charge in [-0.1, -0.05) is 0 Å². The molecule has 0 fully saturated rings. The maximum Gasteiger partial charge on any atom is 0.336 e. The van der Waals surface area contributed by atoms with Gasteiger partial charge in [0.2, 0.25) is 17.2 Å². The van der Waals surface area contributed by atoms with Crippen molar-refractivity contribution < 1.29 is 28.6 Å². The van der Waals surface area contributed by atoms with E-state index in [1.807, 2.05) is 0 Å². The maximum absolute atomic E-state index is 11.0. The minimum atomic E-state index is -2.94. The first-order valence-corrected chi connectivity index (χ1v) is 4.10. The van der Waals surface area contributed by atoms with Crippen molar-refractivity contribution in [3.05, 3.63) is 22.6 Å². The summed E-state index contributed by atoms with van der Waals surface area (Å²) in [6, 6.07) is 2.06. The fourth-order valence-corrected chi connectivity index (χ4v) is 1.33. The highest BCUT2D eigenvalue weighted by Crippen LogP contribution is 2.48. The Morgan fingerprint density at radius 2 is 2.00 bits per heavy atom. The highest BCUT2D eigenvalue weighted by Gasteiger charge is 2.20. The number of methoxy groups -OCH3 is 1. The van der Waals surface area contributed by atoms with Crippen LogP contribution in [0.2, 0.25) is 0 Å². The predicted molar refractivity (Wildman–Crippen MR) is 54.0 cm³/mol. The van der Waals surface area contributed by atoms with Gasteiger partial charge in [-0.05, 0) is 6.07 Å². The molecule has 0 unspecified atom stereocenters. The zero-order valence-electron chi connectivity index (χ0n) is 10.7. The second kappa shape index (κ2) is 3.34. The summed E-state index contributed by atoms with van der Waals surface area (Å²) in [6.07, 6.45) is 0. The third-order valence-electron chi connectivity index (χ3n) is 2.06. The number of phenols is 3. The Hall–Kier alpha value is -2.37. The van der Waals surface area contributed by atoms with Crippen molar-refractivity contribution in [2.24, 2.45) is 0 Å². The Labute approximate surface area is 93.2 Å². The minimum Gasteiger partial charge on any atom is -0.504 e. The van der Waals surface area contributed by atoms with Crippen LogP contribution in [0.1, 0.15) is 4.11 Å². The van der Waals surface area contributed by atoms with Gasteiger partial charge in [0.25, 0.3) is 0 Å². The molecule has 0 saturated carbocycles. The molecule has 1 heterocycles. The molecule has 0 aliphatic heterocycles. The molecule has 6 heteroatoms. The lowest BCUT2D eigenvalue weighted by Crippen LogP contribution is -1.96. The molecule has 3 N–H and O–H groups in total. The number of rotatable bonds is 1. The Bertz CT molecular complexity index is 703. The summed E-state index contributed by atoms with van der Waals surface area (Å²) in [5, 5.41) is 28.8. The monoisotopic (exact) mass is 227 g/mol. The third kappa shape index (κ3) is 1.23. The number of fused-ring (bicyclic) bond motifs is 1. The van der Waals surface area contributed by atoms with Crippen LogP contribution in [-0.2, 0) is 0 Å². The van der Waals surface area contributed by atoms with Gasteiger partial charge in [-0.3, -0.25) is 0 Å². The Morgan fingerprint density at radius 1 is 1.25 bits per heavy atom. The van der Waals surface area contributed by atoms with Crippen LogP contribution in [0.5, 0.6) is 23.0 Å². The van der Waals surface area contributed by atoms with E-state index in [0.717, 1.165) is 12.1 Å². The summed E-state index contributed by atoms with van der Waals surface area (Å²) in [7, 11) is -2.94. The van der Waals surface area contributed by atoms with Crippen molar-refractivity contribution in [1.29, 1.82) is 0 Å². The van der Waals surface area contributed by atoms with Crippen molar-refractivity contribution in [3.63, 3.8) is 0 Å². The Kier molecular flexibility index (Phi) is 1.46. The number of hydrogen-bond donors (Lipinski definition) is 3.